The van der Waals surface area contributed by atoms with Gasteiger partial charge in [-0.2, -0.15) is 0 Å². The fourth-order valence-corrected chi connectivity index (χ4v) is 3.46. The molecule has 0 saturated heterocycles. The summed E-state index contributed by atoms with van der Waals surface area (Å²) < 4.78 is 2.00. The summed E-state index contributed by atoms with van der Waals surface area (Å²) in [5, 5.41) is 7.77. The maximum atomic E-state index is 12.2. The monoisotopic (exact) mass is 362 g/mol. The highest BCUT2D eigenvalue weighted by Crippen LogP contribution is 2.23. The second-order valence-corrected chi connectivity index (χ2v) is 7.00. The lowest BCUT2D eigenvalue weighted by Crippen LogP contribution is -2.20. The number of imidazole rings is 1. The van der Waals surface area contributed by atoms with E-state index in [0.29, 0.717) is 0 Å². The topological polar surface area (TPSA) is 58.4 Å². The minimum Gasteiger partial charge on any atom is -0.308 e. The lowest BCUT2D eigenvalue weighted by Gasteiger charge is -2.11. The standard InChI is InChI=1S/C20H18N4OS/c1-13-4-3-5-17(14(13)2)22-19(25)21-16-8-6-15(7-9-16)18-12-24-10-11-26-20(24)23-18/h3-12H,1-2H3,(H2,21,22,25). The molecule has 4 aromatic rings. The number of carbonyl (C=O) groups is 1. The van der Waals surface area contributed by atoms with E-state index in [2.05, 4.69) is 15.6 Å². The number of benzene rings is 2. The van der Waals surface area contributed by atoms with Gasteiger partial charge in [0.05, 0.1) is 5.69 Å². The molecule has 2 aromatic carbocycles. The van der Waals surface area contributed by atoms with E-state index in [-0.39, 0.29) is 6.03 Å². The van der Waals surface area contributed by atoms with Gasteiger partial charge in [0.25, 0.3) is 0 Å². The summed E-state index contributed by atoms with van der Waals surface area (Å²) in [6.07, 6.45) is 3.99. The predicted molar refractivity (Wildman–Crippen MR) is 107 cm³/mol. The molecule has 0 aliphatic rings. The van der Waals surface area contributed by atoms with E-state index in [9.17, 15) is 4.79 Å². The Bertz CT molecular complexity index is 1050. The quantitative estimate of drug-likeness (QED) is 0.518. The highest BCUT2D eigenvalue weighted by molar-refractivity contribution is 7.15. The van der Waals surface area contributed by atoms with Gasteiger partial charge in [-0.3, -0.25) is 4.40 Å². The molecule has 0 spiro atoms. The molecule has 0 bridgehead atoms. The molecule has 0 fully saturated rings. The summed E-state index contributed by atoms with van der Waals surface area (Å²) in [7, 11) is 0. The fourth-order valence-electron chi connectivity index (χ4n) is 2.76. The third kappa shape index (κ3) is 3.19. The Hall–Kier alpha value is -3.12. The third-order valence-corrected chi connectivity index (χ3v) is 5.16. The summed E-state index contributed by atoms with van der Waals surface area (Å²) in [5.74, 6) is 0. The Labute approximate surface area is 155 Å². The van der Waals surface area contributed by atoms with Crippen LogP contribution < -0.4 is 10.6 Å². The number of urea groups is 1. The number of thiazole rings is 1. The van der Waals surface area contributed by atoms with Gasteiger partial charge >= 0.3 is 6.03 Å². The van der Waals surface area contributed by atoms with Gasteiger partial charge in [0.2, 0.25) is 0 Å². The van der Waals surface area contributed by atoms with Gasteiger partial charge in [-0.15, -0.1) is 11.3 Å². The lowest BCUT2D eigenvalue weighted by molar-refractivity contribution is 0.262. The van der Waals surface area contributed by atoms with Crippen LogP contribution in [0.5, 0.6) is 0 Å². The van der Waals surface area contributed by atoms with Crippen LogP contribution in [-0.2, 0) is 0 Å². The molecule has 0 unspecified atom stereocenters. The van der Waals surface area contributed by atoms with Gasteiger partial charge < -0.3 is 10.6 Å². The zero-order valence-corrected chi connectivity index (χ0v) is 15.3. The number of anilines is 2. The Morgan fingerprint density at radius 2 is 1.88 bits per heavy atom. The summed E-state index contributed by atoms with van der Waals surface area (Å²) in [5.41, 5.74) is 5.70. The maximum absolute atomic E-state index is 12.2. The smallest absolute Gasteiger partial charge is 0.308 e. The maximum Gasteiger partial charge on any atom is 0.323 e. The molecule has 0 radical (unpaired) electrons. The van der Waals surface area contributed by atoms with Crippen molar-refractivity contribution in [1.29, 1.82) is 0 Å². The van der Waals surface area contributed by atoms with Crippen LogP contribution in [-0.4, -0.2) is 15.4 Å². The number of amides is 2. The van der Waals surface area contributed by atoms with E-state index in [0.717, 1.165) is 38.7 Å². The number of rotatable bonds is 3. The minimum atomic E-state index is -0.256. The number of hydrogen-bond acceptors (Lipinski definition) is 3. The molecule has 2 N–H and O–H groups in total. The van der Waals surface area contributed by atoms with Crippen LogP contribution in [0.25, 0.3) is 16.2 Å². The van der Waals surface area contributed by atoms with Gasteiger partial charge in [0.1, 0.15) is 0 Å². The molecule has 130 valence electrons. The summed E-state index contributed by atoms with van der Waals surface area (Å²) >= 11 is 1.60. The highest BCUT2D eigenvalue weighted by atomic mass is 32.1. The largest absolute Gasteiger partial charge is 0.323 e. The Morgan fingerprint density at radius 3 is 2.65 bits per heavy atom. The van der Waals surface area contributed by atoms with Gasteiger partial charge in [-0.1, -0.05) is 24.3 Å². The van der Waals surface area contributed by atoms with Crippen LogP contribution in [0.4, 0.5) is 16.2 Å². The Morgan fingerprint density at radius 1 is 1.08 bits per heavy atom. The van der Waals surface area contributed by atoms with Crippen LogP contribution in [0, 0.1) is 13.8 Å². The molecule has 2 heterocycles. The van der Waals surface area contributed by atoms with Crippen molar-refractivity contribution in [2.24, 2.45) is 0 Å². The molecule has 0 aliphatic carbocycles. The Kier molecular flexibility index (Phi) is 4.18. The highest BCUT2D eigenvalue weighted by Gasteiger charge is 2.08. The van der Waals surface area contributed by atoms with Crippen LogP contribution in [0.15, 0.2) is 60.2 Å². The first-order valence-electron chi connectivity index (χ1n) is 8.27. The van der Waals surface area contributed by atoms with Gasteiger partial charge in [-0.05, 0) is 43.2 Å². The average molecular weight is 362 g/mol. The van der Waals surface area contributed by atoms with E-state index in [4.69, 9.17) is 0 Å². The number of nitrogens with one attached hydrogen (secondary N) is 2. The van der Waals surface area contributed by atoms with Crippen molar-refractivity contribution in [2.75, 3.05) is 10.6 Å². The molecule has 0 atom stereocenters. The second kappa shape index (κ2) is 6.65. The van der Waals surface area contributed by atoms with Crippen molar-refractivity contribution in [2.45, 2.75) is 13.8 Å². The normalized spacial score (nSPS) is 10.8. The van der Waals surface area contributed by atoms with E-state index >= 15 is 0 Å². The van der Waals surface area contributed by atoms with E-state index in [1.165, 1.54) is 0 Å². The Balaban J connectivity index is 1.46. The third-order valence-electron chi connectivity index (χ3n) is 4.38. The number of aryl methyl sites for hydroxylation is 1. The first-order chi connectivity index (χ1) is 12.6. The first-order valence-corrected chi connectivity index (χ1v) is 9.15. The van der Waals surface area contributed by atoms with E-state index in [1.807, 2.05) is 78.5 Å². The number of hydrogen-bond donors (Lipinski definition) is 2. The minimum absolute atomic E-state index is 0.256. The van der Waals surface area contributed by atoms with Gasteiger partial charge in [-0.25, -0.2) is 9.78 Å². The van der Waals surface area contributed by atoms with E-state index in [1.54, 1.807) is 11.3 Å². The number of carbonyl (C=O) groups excluding carboxylic acids is 1. The van der Waals surface area contributed by atoms with Gasteiger partial charge in [0.15, 0.2) is 4.96 Å². The predicted octanol–water partition coefficient (Wildman–Crippen LogP) is 5.32. The zero-order valence-electron chi connectivity index (χ0n) is 14.5. The molecule has 0 saturated carbocycles. The molecule has 4 rings (SSSR count). The van der Waals surface area contributed by atoms with Crippen LogP contribution in [0.2, 0.25) is 0 Å². The van der Waals surface area contributed by atoms with Crippen LogP contribution in [0.1, 0.15) is 11.1 Å². The van der Waals surface area contributed by atoms with Crippen molar-refractivity contribution in [3.05, 3.63) is 71.4 Å². The summed E-state index contributed by atoms with van der Waals surface area (Å²) in [4.78, 5) is 17.8. The number of fused-ring (bicyclic) bond motifs is 1. The summed E-state index contributed by atoms with van der Waals surface area (Å²) in [6, 6.07) is 13.3. The molecule has 6 heteroatoms. The molecular formula is C20H18N4OS. The first kappa shape index (κ1) is 16.4. The molecule has 2 aromatic heterocycles. The number of nitrogens with zero attached hydrogens (tertiary/aromatic N) is 2. The van der Waals surface area contributed by atoms with Crippen molar-refractivity contribution in [3.8, 4) is 11.3 Å². The molecule has 26 heavy (non-hydrogen) atoms. The van der Waals surface area contributed by atoms with Crippen molar-refractivity contribution in [1.82, 2.24) is 9.38 Å². The number of aromatic nitrogens is 2. The molecule has 0 aliphatic heterocycles. The van der Waals surface area contributed by atoms with Crippen LogP contribution >= 0.6 is 11.3 Å². The van der Waals surface area contributed by atoms with Crippen molar-refractivity contribution >= 4 is 33.7 Å². The SMILES string of the molecule is Cc1cccc(NC(=O)Nc2ccc(-c3cn4ccsc4n3)cc2)c1C. The van der Waals surface area contributed by atoms with Crippen molar-refractivity contribution in [3.63, 3.8) is 0 Å². The fraction of sp³-hybridized carbons (Fsp3) is 0.100. The molecule has 5 nitrogen and oxygen atoms in total. The average Bonchev–Trinajstić information content (AvgIpc) is 3.21. The molecular weight excluding hydrogens is 344 g/mol. The van der Waals surface area contributed by atoms with E-state index < -0.39 is 0 Å². The lowest BCUT2D eigenvalue weighted by atomic mass is 10.1. The van der Waals surface area contributed by atoms with Gasteiger partial charge in [0, 0.05) is 34.7 Å². The molecule has 2 amide bonds. The van der Waals surface area contributed by atoms with Crippen LogP contribution in [0.3, 0.4) is 0 Å². The van der Waals surface area contributed by atoms with Crippen molar-refractivity contribution < 1.29 is 4.79 Å². The summed E-state index contributed by atoms with van der Waals surface area (Å²) in [6.45, 7) is 4.02. The second-order valence-electron chi connectivity index (χ2n) is 6.12. The zero-order chi connectivity index (χ0) is 18.1.